The van der Waals surface area contributed by atoms with Gasteiger partial charge in [-0.2, -0.15) is 0 Å². The van der Waals surface area contributed by atoms with Crippen molar-refractivity contribution in [2.24, 2.45) is 0 Å². The third-order valence-electron chi connectivity index (χ3n) is 3.31. The molecule has 0 fully saturated rings. The first-order valence-electron chi connectivity index (χ1n) is 6.21. The molecule has 0 aliphatic heterocycles. The maximum atomic E-state index is 4.56. The number of aromatic nitrogens is 2. The summed E-state index contributed by atoms with van der Waals surface area (Å²) in [6, 6.07) is 14.8. The van der Waals surface area contributed by atoms with E-state index in [9.17, 15) is 0 Å². The fraction of sp³-hybridized carbons (Fsp3) is 0.188. The number of hydrogen-bond donors (Lipinski definition) is 0. The van der Waals surface area contributed by atoms with Gasteiger partial charge in [-0.15, -0.1) is 0 Å². The highest BCUT2D eigenvalue weighted by Gasteiger charge is 2.04. The Labute approximate surface area is 107 Å². The molecule has 0 aliphatic carbocycles. The van der Waals surface area contributed by atoms with E-state index in [0.717, 1.165) is 17.9 Å². The monoisotopic (exact) mass is 236 g/mol. The van der Waals surface area contributed by atoms with Crippen molar-refractivity contribution in [1.29, 1.82) is 0 Å². The van der Waals surface area contributed by atoms with Crippen molar-refractivity contribution in [2.45, 2.75) is 20.4 Å². The van der Waals surface area contributed by atoms with Gasteiger partial charge in [0.25, 0.3) is 0 Å². The quantitative estimate of drug-likeness (QED) is 0.663. The van der Waals surface area contributed by atoms with Crippen molar-refractivity contribution in [3.8, 4) is 0 Å². The van der Waals surface area contributed by atoms with Crippen molar-refractivity contribution in [1.82, 2.24) is 9.55 Å². The lowest BCUT2D eigenvalue weighted by Crippen LogP contribution is -2.00. The van der Waals surface area contributed by atoms with Crippen molar-refractivity contribution in [3.63, 3.8) is 0 Å². The molecule has 0 aliphatic rings. The lowest BCUT2D eigenvalue weighted by Gasteiger charge is -2.06. The first kappa shape index (κ1) is 11.0. The minimum absolute atomic E-state index is 0.828. The van der Waals surface area contributed by atoms with Gasteiger partial charge in [0.2, 0.25) is 0 Å². The van der Waals surface area contributed by atoms with Gasteiger partial charge in [-0.25, -0.2) is 0 Å². The zero-order valence-electron chi connectivity index (χ0n) is 10.7. The second kappa shape index (κ2) is 4.30. The molecule has 0 spiro atoms. The maximum absolute atomic E-state index is 4.56. The van der Waals surface area contributed by atoms with Gasteiger partial charge >= 0.3 is 0 Å². The highest BCUT2D eigenvalue weighted by atomic mass is 15.0. The highest BCUT2D eigenvalue weighted by molar-refractivity contribution is 5.83. The van der Waals surface area contributed by atoms with E-state index in [-0.39, 0.29) is 0 Å². The largest absolute Gasteiger partial charge is 0.341 e. The molecule has 2 heterocycles. The Morgan fingerprint density at radius 1 is 1.00 bits per heavy atom. The lowest BCUT2D eigenvalue weighted by molar-refractivity contribution is 0.802. The molecule has 0 saturated heterocycles. The third-order valence-corrected chi connectivity index (χ3v) is 3.31. The second-order valence-electron chi connectivity index (χ2n) is 4.72. The SMILES string of the molecule is Cc1cccc(Cn2ccc3c(C)cccc32)n1. The van der Waals surface area contributed by atoms with Gasteiger partial charge in [0.15, 0.2) is 0 Å². The molecular formula is C16H16N2. The minimum Gasteiger partial charge on any atom is -0.341 e. The van der Waals surface area contributed by atoms with Gasteiger partial charge in [0.05, 0.1) is 12.2 Å². The van der Waals surface area contributed by atoms with Gasteiger partial charge in [-0.05, 0) is 43.7 Å². The van der Waals surface area contributed by atoms with E-state index < -0.39 is 0 Å². The van der Waals surface area contributed by atoms with Crippen molar-refractivity contribution in [2.75, 3.05) is 0 Å². The molecule has 0 amide bonds. The number of hydrogen-bond acceptors (Lipinski definition) is 1. The predicted molar refractivity (Wildman–Crippen MR) is 74.8 cm³/mol. The Hall–Kier alpha value is -2.09. The summed E-state index contributed by atoms with van der Waals surface area (Å²) in [7, 11) is 0. The van der Waals surface area contributed by atoms with Crippen LogP contribution in [0.4, 0.5) is 0 Å². The Bertz CT molecular complexity index is 695. The molecule has 2 aromatic heterocycles. The first-order valence-corrected chi connectivity index (χ1v) is 6.21. The summed E-state index contributed by atoms with van der Waals surface area (Å²) in [4.78, 5) is 4.56. The summed E-state index contributed by atoms with van der Waals surface area (Å²) >= 11 is 0. The summed E-state index contributed by atoms with van der Waals surface area (Å²) in [6.07, 6.45) is 2.14. The van der Waals surface area contributed by atoms with Crippen molar-refractivity contribution < 1.29 is 0 Å². The summed E-state index contributed by atoms with van der Waals surface area (Å²) in [5.41, 5.74) is 4.77. The molecule has 0 saturated carbocycles. The summed E-state index contributed by atoms with van der Waals surface area (Å²) in [6.45, 7) is 5.01. The number of rotatable bonds is 2. The van der Waals surface area contributed by atoms with Crippen LogP contribution in [0, 0.1) is 13.8 Å². The Morgan fingerprint density at radius 2 is 1.83 bits per heavy atom. The summed E-state index contributed by atoms with van der Waals surface area (Å²) in [5.74, 6) is 0. The van der Waals surface area contributed by atoms with Crippen LogP contribution in [-0.2, 0) is 6.54 Å². The topological polar surface area (TPSA) is 17.8 Å². The maximum Gasteiger partial charge on any atom is 0.0648 e. The minimum atomic E-state index is 0.828. The van der Waals surface area contributed by atoms with Crippen LogP contribution >= 0.6 is 0 Å². The molecular weight excluding hydrogens is 220 g/mol. The third kappa shape index (κ3) is 1.90. The summed E-state index contributed by atoms with van der Waals surface area (Å²) < 4.78 is 2.25. The standard InChI is InChI=1S/C16H16N2/c1-12-5-3-8-16-15(12)9-10-18(16)11-14-7-4-6-13(2)17-14/h3-10H,11H2,1-2H3. The van der Waals surface area contributed by atoms with Crippen LogP contribution in [-0.4, -0.2) is 9.55 Å². The number of fused-ring (bicyclic) bond motifs is 1. The molecule has 0 atom stereocenters. The molecule has 2 nitrogen and oxygen atoms in total. The smallest absolute Gasteiger partial charge is 0.0648 e. The van der Waals surface area contributed by atoms with E-state index >= 15 is 0 Å². The average Bonchev–Trinajstić information content (AvgIpc) is 2.74. The zero-order chi connectivity index (χ0) is 12.5. The van der Waals surface area contributed by atoms with E-state index in [1.54, 1.807) is 0 Å². The number of aryl methyl sites for hydroxylation is 2. The van der Waals surface area contributed by atoms with Crippen molar-refractivity contribution in [3.05, 3.63) is 65.6 Å². The van der Waals surface area contributed by atoms with Crippen molar-refractivity contribution >= 4 is 10.9 Å². The van der Waals surface area contributed by atoms with Gasteiger partial charge in [0.1, 0.15) is 0 Å². The molecule has 0 unspecified atom stereocenters. The molecule has 1 aromatic carbocycles. The van der Waals surface area contributed by atoms with Crippen LogP contribution in [0.25, 0.3) is 10.9 Å². The molecule has 3 aromatic rings. The van der Waals surface area contributed by atoms with Crippen LogP contribution in [0.1, 0.15) is 17.0 Å². The van der Waals surface area contributed by atoms with Gasteiger partial charge in [-0.1, -0.05) is 18.2 Å². The Kier molecular flexibility index (Phi) is 2.63. The number of pyridine rings is 1. The van der Waals surface area contributed by atoms with Crippen LogP contribution in [0.5, 0.6) is 0 Å². The van der Waals surface area contributed by atoms with Gasteiger partial charge in [0, 0.05) is 22.8 Å². The van der Waals surface area contributed by atoms with E-state index in [1.165, 1.54) is 16.5 Å². The molecule has 18 heavy (non-hydrogen) atoms. The highest BCUT2D eigenvalue weighted by Crippen LogP contribution is 2.20. The molecule has 3 rings (SSSR count). The van der Waals surface area contributed by atoms with Crippen LogP contribution in [0.3, 0.4) is 0 Å². The fourth-order valence-corrected chi connectivity index (χ4v) is 2.38. The fourth-order valence-electron chi connectivity index (χ4n) is 2.38. The second-order valence-corrected chi connectivity index (χ2v) is 4.72. The number of benzene rings is 1. The van der Waals surface area contributed by atoms with E-state index in [1.807, 2.05) is 13.0 Å². The van der Waals surface area contributed by atoms with E-state index in [0.29, 0.717) is 0 Å². The lowest BCUT2D eigenvalue weighted by atomic mass is 10.1. The van der Waals surface area contributed by atoms with Crippen LogP contribution in [0.15, 0.2) is 48.7 Å². The van der Waals surface area contributed by atoms with Crippen LogP contribution in [0.2, 0.25) is 0 Å². The summed E-state index contributed by atoms with van der Waals surface area (Å²) in [5, 5.41) is 1.32. The van der Waals surface area contributed by atoms with Crippen LogP contribution < -0.4 is 0 Å². The molecule has 0 N–H and O–H groups in total. The average molecular weight is 236 g/mol. The normalized spacial score (nSPS) is 11.0. The zero-order valence-corrected chi connectivity index (χ0v) is 10.7. The molecule has 2 heteroatoms. The van der Waals surface area contributed by atoms with E-state index in [2.05, 4.69) is 59.1 Å². The number of nitrogens with zero attached hydrogens (tertiary/aromatic N) is 2. The predicted octanol–water partition coefficient (Wildman–Crippen LogP) is 3.70. The molecule has 0 bridgehead atoms. The Morgan fingerprint density at radius 3 is 2.67 bits per heavy atom. The first-order chi connectivity index (χ1) is 8.74. The molecule has 0 radical (unpaired) electrons. The Balaban J connectivity index is 2.03. The molecule has 90 valence electrons. The van der Waals surface area contributed by atoms with Gasteiger partial charge in [-0.3, -0.25) is 4.98 Å². The van der Waals surface area contributed by atoms with E-state index in [4.69, 9.17) is 0 Å². The van der Waals surface area contributed by atoms with Gasteiger partial charge < -0.3 is 4.57 Å².